The lowest BCUT2D eigenvalue weighted by molar-refractivity contribution is -0.147. The Morgan fingerprint density at radius 3 is 2.52 bits per heavy atom. The summed E-state index contributed by atoms with van der Waals surface area (Å²) in [5.74, 6) is -2.87. The zero-order chi connectivity index (χ0) is 16.0. The van der Waals surface area contributed by atoms with Crippen LogP contribution in [0.2, 0.25) is 0 Å². The van der Waals surface area contributed by atoms with Gasteiger partial charge < -0.3 is 14.9 Å². The summed E-state index contributed by atoms with van der Waals surface area (Å²) in [6, 6.07) is 4.30. The van der Waals surface area contributed by atoms with Crippen LogP contribution in [-0.4, -0.2) is 40.4 Å². The third kappa shape index (κ3) is 4.27. The molecule has 0 bridgehead atoms. The number of ether oxygens (including phenoxy) is 1. The summed E-state index contributed by atoms with van der Waals surface area (Å²) in [4.78, 5) is 34.3. The molecule has 0 amide bonds. The lowest BCUT2D eigenvalue weighted by atomic mass is 9.93. The van der Waals surface area contributed by atoms with Crippen LogP contribution < -0.4 is 0 Å². The van der Waals surface area contributed by atoms with Gasteiger partial charge in [-0.05, 0) is 18.6 Å². The summed E-state index contributed by atoms with van der Waals surface area (Å²) in [5.41, 5.74) is 0.0228. The highest BCUT2D eigenvalue weighted by molar-refractivity contribution is 6.27. The molecular formula is C14H15ClO6. The van der Waals surface area contributed by atoms with Crippen LogP contribution in [-0.2, 0) is 20.7 Å². The quantitative estimate of drug-likeness (QED) is 0.581. The van der Waals surface area contributed by atoms with Gasteiger partial charge in [0.05, 0.1) is 18.1 Å². The molecule has 7 heteroatoms. The molecule has 0 heterocycles. The summed E-state index contributed by atoms with van der Waals surface area (Å²) in [6.45, 7) is 1.71. The summed E-state index contributed by atoms with van der Waals surface area (Å²) in [5, 5.41) is 18.8. The Morgan fingerprint density at radius 2 is 2.00 bits per heavy atom. The number of Topliss-reactive ketones (excluding diaryl/α,β-unsaturated/α-hetero) is 1. The molecule has 2 N–H and O–H groups in total. The summed E-state index contributed by atoms with van der Waals surface area (Å²) >= 11 is 5.43. The number of aliphatic carboxylic acids is 1. The first-order chi connectivity index (χ1) is 9.92. The van der Waals surface area contributed by atoms with Gasteiger partial charge in [-0.15, -0.1) is 11.6 Å². The van der Waals surface area contributed by atoms with Crippen molar-refractivity contribution < 1.29 is 29.3 Å². The predicted molar refractivity (Wildman–Crippen MR) is 74.4 cm³/mol. The van der Waals surface area contributed by atoms with Crippen LogP contribution in [0.25, 0.3) is 0 Å². The van der Waals surface area contributed by atoms with E-state index in [4.69, 9.17) is 21.4 Å². The van der Waals surface area contributed by atoms with Crippen molar-refractivity contribution in [2.45, 2.75) is 19.4 Å². The normalized spacial score (nSPS) is 11.8. The number of aliphatic hydroxyl groups is 1. The molecule has 1 atom stereocenters. The van der Waals surface area contributed by atoms with E-state index in [1.807, 2.05) is 0 Å². The largest absolute Gasteiger partial charge is 0.479 e. The van der Waals surface area contributed by atoms with Crippen LogP contribution in [0, 0.1) is 0 Å². The molecule has 0 aliphatic rings. The maximum atomic E-state index is 11.9. The van der Waals surface area contributed by atoms with Gasteiger partial charge in [-0.2, -0.15) is 0 Å². The van der Waals surface area contributed by atoms with Crippen molar-refractivity contribution in [1.29, 1.82) is 0 Å². The number of rotatable bonds is 7. The highest BCUT2D eigenvalue weighted by Crippen LogP contribution is 2.25. The Bertz CT molecular complexity index is 554. The number of hydrogen-bond donors (Lipinski definition) is 2. The first-order valence-electron chi connectivity index (χ1n) is 6.19. The van der Waals surface area contributed by atoms with Gasteiger partial charge in [-0.3, -0.25) is 4.79 Å². The number of aliphatic hydroxyl groups excluding tert-OH is 1. The van der Waals surface area contributed by atoms with E-state index in [1.165, 1.54) is 18.2 Å². The molecule has 1 unspecified atom stereocenters. The van der Waals surface area contributed by atoms with E-state index < -0.39 is 18.0 Å². The molecular weight excluding hydrogens is 300 g/mol. The number of carboxylic acid groups (broad SMARTS) is 1. The van der Waals surface area contributed by atoms with Crippen molar-refractivity contribution in [3.05, 3.63) is 34.9 Å². The minimum absolute atomic E-state index is 0.0772. The Kier molecular flexibility index (Phi) is 6.33. The standard InChI is InChI=1S/C14H15ClO6/c1-2-21-14(20)10-5-3-4-8(6-9(16)7-15)11(10)12(17)13(18)19/h3-5,12,17H,2,6-7H2,1H3,(H,18,19). The maximum Gasteiger partial charge on any atom is 0.338 e. The van der Waals surface area contributed by atoms with Gasteiger partial charge in [0.1, 0.15) is 0 Å². The predicted octanol–water partition coefficient (Wildman–Crippen LogP) is 1.33. The fraction of sp³-hybridized carbons (Fsp3) is 0.357. The average Bonchev–Trinajstić information content (AvgIpc) is 2.46. The Balaban J connectivity index is 3.36. The topological polar surface area (TPSA) is 101 Å². The van der Waals surface area contributed by atoms with Crippen molar-refractivity contribution in [1.82, 2.24) is 0 Å². The van der Waals surface area contributed by atoms with Crippen LogP contribution in [0.15, 0.2) is 18.2 Å². The molecule has 0 aromatic heterocycles. The van der Waals surface area contributed by atoms with E-state index in [9.17, 15) is 19.5 Å². The van der Waals surface area contributed by atoms with Crippen LogP contribution >= 0.6 is 11.6 Å². The number of hydrogen-bond acceptors (Lipinski definition) is 5. The van der Waals surface area contributed by atoms with Gasteiger partial charge >= 0.3 is 11.9 Å². The summed E-state index contributed by atoms with van der Waals surface area (Å²) in [6.07, 6.45) is -2.10. The van der Waals surface area contributed by atoms with Gasteiger partial charge in [0.15, 0.2) is 11.9 Å². The number of carbonyl (C=O) groups is 3. The van der Waals surface area contributed by atoms with Crippen molar-refractivity contribution in [2.24, 2.45) is 0 Å². The van der Waals surface area contributed by atoms with Crippen molar-refractivity contribution in [3.8, 4) is 0 Å². The van der Waals surface area contributed by atoms with E-state index in [0.29, 0.717) is 0 Å². The van der Waals surface area contributed by atoms with Gasteiger partial charge in [-0.25, -0.2) is 9.59 Å². The van der Waals surface area contributed by atoms with Gasteiger partial charge in [0.2, 0.25) is 0 Å². The van der Waals surface area contributed by atoms with Crippen LogP contribution in [0.5, 0.6) is 0 Å². The fourth-order valence-electron chi connectivity index (χ4n) is 1.86. The number of halogens is 1. The molecule has 0 fully saturated rings. The molecule has 0 radical (unpaired) electrons. The maximum absolute atomic E-state index is 11.9. The van der Waals surface area contributed by atoms with Gasteiger partial charge in [0, 0.05) is 12.0 Å². The van der Waals surface area contributed by atoms with E-state index in [-0.39, 0.29) is 41.4 Å². The molecule has 114 valence electrons. The first-order valence-corrected chi connectivity index (χ1v) is 6.73. The number of carboxylic acids is 1. The molecule has 0 saturated heterocycles. The van der Waals surface area contributed by atoms with Crippen molar-refractivity contribution in [3.63, 3.8) is 0 Å². The number of esters is 1. The molecule has 0 saturated carbocycles. The zero-order valence-electron chi connectivity index (χ0n) is 11.3. The molecule has 21 heavy (non-hydrogen) atoms. The minimum Gasteiger partial charge on any atom is -0.479 e. The fourth-order valence-corrected chi connectivity index (χ4v) is 1.95. The first kappa shape index (κ1) is 17.1. The molecule has 1 rings (SSSR count). The monoisotopic (exact) mass is 314 g/mol. The molecule has 1 aromatic carbocycles. The second-order valence-electron chi connectivity index (χ2n) is 4.19. The molecule has 6 nitrogen and oxygen atoms in total. The van der Waals surface area contributed by atoms with Gasteiger partial charge in [-0.1, -0.05) is 12.1 Å². The SMILES string of the molecule is CCOC(=O)c1cccc(CC(=O)CCl)c1C(O)C(=O)O. The molecule has 0 aliphatic heterocycles. The Labute approximate surface area is 126 Å². The lowest BCUT2D eigenvalue weighted by Crippen LogP contribution is -2.20. The number of alkyl halides is 1. The van der Waals surface area contributed by atoms with E-state index >= 15 is 0 Å². The highest BCUT2D eigenvalue weighted by atomic mass is 35.5. The summed E-state index contributed by atoms with van der Waals surface area (Å²) in [7, 11) is 0. The van der Waals surface area contributed by atoms with Crippen LogP contribution in [0.4, 0.5) is 0 Å². The molecule has 1 aromatic rings. The Hall–Kier alpha value is -1.92. The van der Waals surface area contributed by atoms with E-state index in [1.54, 1.807) is 6.92 Å². The van der Waals surface area contributed by atoms with Crippen molar-refractivity contribution >= 4 is 29.3 Å². The van der Waals surface area contributed by atoms with E-state index in [0.717, 1.165) is 0 Å². The second kappa shape index (κ2) is 7.75. The second-order valence-corrected chi connectivity index (χ2v) is 4.46. The third-order valence-electron chi connectivity index (χ3n) is 2.74. The number of carbonyl (C=O) groups excluding carboxylic acids is 2. The smallest absolute Gasteiger partial charge is 0.338 e. The Morgan fingerprint density at radius 1 is 1.33 bits per heavy atom. The van der Waals surface area contributed by atoms with Crippen molar-refractivity contribution in [2.75, 3.05) is 12.5 Å². The van der Waals surface area contributed by atoms with Crippen LogP contribution in [0.3, 0.4) is 0 Å². The van der Waals surface area contributed by atoms with Crippen LogP contribution in [0.1, 0.15) is 34.5 Å². The lowest BCUT2D eigenvalue weighted by Gasteiger charge is -2.16. The summed E-state index contributed by atoms with van der Waals surface area (Å²) < 4.78 is 4.83. The molecule has 0 spiro atoms. The highest BCUT2D eigenvalue weighted by Gasteiger charge is 2.27. The minimum atomic E-state index is -1.93. The number of benzene rings is 1. The third-order valence-corrected chi connectivity index (χ3v) is 3.03. The number of ketones is 1. The average molecular weight is 315 g/mol. The van der Waals surface area contributed by atoms with Gasteiger partial charge in [0.25, 0.3) is 0 Å². The zero-order valence-corrected chi connectivity index (χ0v) is 12.1. The van der Waals surface area contributed by atoms with E-state index in [2.05, 4.69) is 0 Å². The molecule has 0 aliphatic carbocycles.